The molecular weight excluding hydrogens is 759 g/mol. The smallest absolute Gasteiger partial charge is 0.462 e. The molecule has 0 aromatic carbocycles. The molecule has 0 fully saturated rings. The summed E-state index contributed by atoms with van der Waals surface area (Å²) in [6, 6.07) is 0. The highest BCUT2D eigenvalue weighted by Gasteiger charge is 2.27. The summed E-state index contributed by atoms with van der Waals surface area (Å²) < 4.78 is 32.5. The monoisotopic (exact) mass is 835 g/mol. The van der Waals surface area contributed by atoms with Gasteiger partial charge >= 0.3 is 19.8 Å². The molecular formula is C46H75O11P. The standard InChI is InChI=1S/C46H75O11P/c1-3-5-7-9-11-13-15-17-19-21-22-24-26-28-30-32-34-42(48)36-37-46(51)57-44(41-56-58(52,53)55-39-43(49)38-47)40-54-45(50)35-33-31-29-27-25-23-20-18-16-14-12-10-8-6-4-2/h5,7,11-14,17-20,22,24,28,30,32,34,42-44,47-49H,3-4,6,8-10,15-16,21,23,25-27,29,31,33,35-41H2,1-2H3,(H,52,53)/b7-5-,13-11-,14-12-,19-17-,20-18-,24-22-,30-28-,34-32-/t42?,43-,44+/m0/s1. The highest BCUT2D eigenvalue weighted by Crippen LogP contribution is 2.43. The number of hydrogen-bond acceptors (Lipinski definition) is 10. The molecule has 12 heteroatoms. The fraction of sp³-hybridized carbons (Fsp3) is 0.609. The zero-order chi connectivity index (χ0) is 42.8. The van der Waals surface area contributed by atoms with Crippen LogP contribution in [-0.4, -0.2) is 76.9 Å². The number of carbonyl (C=O) groups is 2. The number of phosphoric acid groups is 1. The molecule has 2 unspecified atom stereocenters. The van der Waals surface area contributed by atoms with Crippen LogP contribution in [0.15, 0.2) is 97.2 Å². The second kappa shape index (κ2) is 40.6. The van der Waals surface area contributed by atoms with Crippen LogP contribution in [0.2, 0.25) is 0 Å². The lowest BCUT2D eigenvalue weighted by Gasteiger charge is -2.20. The Labute approximate surface area is 349 Å². The molecule has 0 aromatic heterocycles. The van der Waals surface area contributed by atoms with E-state index in [1.165, 1.54) is 19.3 Å². The Morgan fingerprint density at radius 1 is 0.603 bits per heavy atom. The molecule has 4 N–H and O–H groups in total. The molecule has 0 rings (SSSR count). The van der Waals surface area contributed by atoms with E-state index in [0.29, 0.717) is 6.42 Å². The van der Waals surface area contributed by atoms with Crippen LogP contribution in [0.4, 0.5) is 0 Å². The first-order valence-corrected chi connectivity index (χ1v) is 22.8. The minimum Gasteiger partial charge on any atom is -0.462 e. The molecule has 0 saturated heterocycles. The average Bonchev–Trinajstić information content (AvgIpc) is 3.21. The van der Waals surface area contributed by atoms with Crippen molar-refractivity contribution in [2.24, 2.45) is 0 Å². The van der Waals surface area contributed by atoms with Gasteiger partial charge in [0.1, 0.15) is 12.7 Å². The van der Waals surface area contributed by atoms with Crippen molar-refractivity contribution in [3.63, 3.8) is 0 Å². The van der Waals surface area contributed by atoms with Crippen molar-refractivity contribution in [2.45, 2.75) is 154 Å². The second-order valence-corrected chi connectivity index (χ2v) is 15.3. The third-order valence-electron chi connectivity index (χ3n) is 8.34. The normalized spacial score (nSPS) is 15.3. The van der Waals surface area contributed by atoms with E-state index in [0.717, 1.165) is 77.0 Å². The van der Waals surface area contributed by atoms with Crippen molar-refractivity contribution < 1.29 is 52.9 Å². The summed E-state index contributed by atoms with van der Waals surface area (Å²) in [5, 5.41) is 28.6. The van der Waals surface area contributed by atoms with Crippen molar-refractivity contribution in [1.82, 2.24) is 0 Å². The fourth-order valence-corrected chi connectivity index (χ4v) is 5.80. The van der Waals surface area contributed by atoms with Crippen LogP contribution in [0.25, 0.3) is 0 Å². The van der Waals surface area contributed by atoms with E-state index in [1.807, 2.05) is 12.2 Å². The first kappa shape index (κ1) is 54.9. The van der Waals surface area contributed by atoms with Gasteiger partial charge in [0, 0.05) is 12.8 Å². The molecule has 58 heavy (non-hydrogen) atoms. The lowest BCUT2D eigenvalue weighted by molar-refractivity contribution is -0.161. The Balaban J connectivity index is 4.60. The summed E-state index contributed by atoms with van der Waals surface area (Å²) in [6.07, 6.45) is 45.6. The number of esters is 2. The average molecular weight is 835 g/mol. The minimum absolute atomic E-state index is 0.0564. The number of hydrogen-bond donors (Lipinski definition) is 4. The summed E-state index contributed by atoms with van der Waals surface area (Å²) in [5.74, 6) is -1.23. The molecule has 0 heterocycles. The Kier molecular flexibility index (Phi) is 38.4. The van der Waals surface area contributed by atoms with Gasteiger partial charge in [0.25, 0.3) is 0 Å². The summed E-state index contributed by atoms with van der Waals surface area (Å²) >= 11 is 0. The third-order valence-corrected chi connectivity index (χ3v) is 9.29. The van der Waals surface area contributed by atoms with Gasteiger partial charge in [0.2, 0.25) is 0 Å². The molecule has 0 bridgehead atoms. The molecule has 11 nitrogen and oxygen atoms in total. The molecule has 330 valence electrons. The molecule has 4 atom stereocenters. The van der Waals surface area contributed by atoms with Crippen LogP contribution < -0.4 is 0 Å². The van der Waals surface area contributed by atoms with Gasteiger partial charge < -0.3 is 29.7 Å². The molecule has 0 radical (unpaired) electrons. The number of aliphatic hydroxyl groups excluding tert-OH is 3. The van der Waals surface area contributed by atoms with Crippen molar-refractivity contribution in [3.05, 3.63) is 97.2 Å². The lowest BCUT2D eigenvalue weighted by Crippen LogP contribution is -2.30. The van der Waals surface area contributed by atoms with Gasteiger partial charge in [-0.25, -0.2) is 4.57 Å². The van der Waals surface area contributed by atoms with E-state index < -0.39 is 64.5 Å². The van der Waals surface area contributed by atoms with Gasteiger partial charge in [-0.05, 0) is 77.0 Å². The summed E-state index contributed by atoms with van der Waals surface area (Å²) in [7, 11) is -4.69. The Morgan fingerprint density at radius 3 is 1.74 bits per heavy atom. The molecule has 0 aromatic rings. The van der Waals surface area contributed by atoms with Gasteiger partial charge in [-0.3, -0.25) is 18.6 Å². The second-order valence-electron chi connectivity index (χ2n) is 13.8. The van der Waals surface area contributed by atoms with E-state index in [-0.39, 0.29) is 19.3 Å². The van der Waals surface area contributed by atoms with Gasteiger partial charge in [-0.2, -0.15) is 0 Å². The predicted octanol–water partition coefficient (Wildman–Crippen LogP) is 10.2. The Bertz CT molecular complexity index is 1300. The SMILES string of the molecule is CC/C=C\C/C=C\C/C=C\C/C=C\C/C=C\C=C/C(O)CCC(=O)O[C@H](COC(=O)CCCCCCC/C=C\C/C=C\CCCCC)COP(=O)(O)OC[C@@H](O)CO. The maximum atomic E-state index is 12.6. The van der Waals surface area contributed by atoms with Crippen molar-refractivity contribution >= 4 is 19.8 Å². The number of aliphatic hydroxyl groups is 3. The van der Waals surface area contributed by atoms with Crippen LogP contribution >= 0.6 is 7.82 Å². The van der Waals surface area contributed by atoms with Gasteiger partial charge in [-0.15, -0.1) is 0 Å². The number of unbranched alkanes of at least 4 members (excludes halogenated alkanes) is 8. The minimum atomic E-state index is -4.69. The number of rotatable bonds is 38. The molecule has 0 aliphatic rings. The maximum absolute atomic E-state index is 12.6. The molecule has 0 spiro atoms. The van der Waals surface area contributed by atoms with E-state index in [4.69, 9.17) is 19.1 Å². The summed E-state index contributed by atoms with van der Waals surface area (Å²) in [5.41, 5.74) is 0. The van der Waals surface area contributed by atoms with Crippen LogP contribution in [0.1, 0.15) is 136 Å². The van der Waals surface area contributed by atoms with E-state index in [9.17, 15) is 29.3 Å². The van der Waals surface area contributed by atoms with E-state index in [1.54, 1.807) is 12.2 Å². The first-order valence-electron chi connectivity index (χ1n) is 21.3. The number of ether oxygens (including phenoxy) is 2. The van der Waals surface area contributed by atoms with E-state index in [2.05, 4.69) is 91.3 Å². The summed E-state index contributed by atoms with van der Waals surface area (Å²) in [4.78, 5) is 35.0. The number of carbonyl (C=O) groups excluding carboxylic acids is 2. The van der Waals surface area contributed by atoms with Crippen LogP contribution in [0, 0.1) is 0 Å². The summed E-state index contributed by atoms with van der Waals surface area (Å²) in [6.45, 7) is 1.92. The van der Waals surface area contributed by atoms with E-state index >= 15 is 0 Å². The fourth-order valence-electron chi connectivity index (χ4n) is 5.01. The van der Waals surface area contributed by atoms with Gasteiger partial charge in [-0.1, -0.05) is 143 Å². The quantitative estimate of drug-likeness (QED) is 0.0154. The van der Waals surface area contributed by atoms with Crippen LogP contribution in [0.5, 0.6) is 0 Å². The molecule has 0 amide bonds. The number of allylic oxidation sites excluding steroid dienone is 15. The van der Waals surface area contributed by atoms with Crippen molar-refractivity contribution in [3.8, 4) is 0 Å². The van der Waals surface area contributed by atoms with Gasteiger partial charge in [0.15, 0.2) is 6.10 Å². The van der Waals surface area contributed by atoms with Gasteiger partial charge in [0.05, 0.1) is 25.9 Å². The molecule has 0 aliphatic carbocycles. The lowest BCUT2D eigenvalue weighted by atomic mass is 10.1. The largest absolute Gasteiger partial charge is 0.472 e. The first-order chi connectivity index (χ1) is 28.1. The highest BCUT2D eigenvalue weighted by atomic mass is 31.2. The maximum Gasteiger partial charge on any atom is 0.472 e. The molecule has 0 aliphatic heterocycles. The highest BCUT2D eigenvalue weighted by molar-refractivity contribution is 7.47. The predicted molar refractivity (Wildman–Crippen MR) is 234 cm³/mol. The van der Waals surface area contributed by atoms with Crippen LogP contribution in [0.3, 0.4) is 0 Å². The number of phosphoric ester groups is 1. The Morgan fingerprint density at radius 2 is 1.14 bits per heavy atom. The Hall–Kier alpha value is -3.15. The zero-order valence-electron chi connectivity index (χ0n) is 35.3. The van der Waals surface area contributed by atoms with Crippen molar-refractivity contribution in [1.29, 1.82) is 0 Å². The zero-order valence-corrected chi connectivity index (χ0v) is 36.2. The topological polar surface area (TPSA) is 169 Å². The molecule has 0 saturated carbocycles. The van der Waals surface area contributed by atoms with Crippen LogP contribution in [-0.2, 0) is 32.7 Å². The third kappa shape index (κ3) is 39.7. The van der Waals surface area contributed by atoms with Crippen molar-refractivity contribution in [2.75, 3.05) is 26.4 Å².